The normalized spacial score (nSPS) is 15.4. The van der Waals surface area contributed by atoms with Crippen molar-refractivity contribution in [2.24, 2.45) is 0 Å². The second kappa shape index (κ2) is 6.45. The Morgan fingerprint density at radius 1 is 0.905 bits per heavy atom. The van der Waals surface area contributed by atoms with Crippen LogP contribution in [0.2, 0.25) is 0 Å². The first-order valence-electron chi connectivity index (χ1n) is 7.60. The third-order valence-electron chi connectivity index (χ3n) is 4.08. The lowest BCUT2D eigenvalue weighted by atomic mass is 9.88. The SMILES string of the molecule is CC(C1=CC=CCC1)c1ccc(Nc2ccccc2)cc1. The molecule has 1 heteroatoms. The average molecular weight is 275 g/mol. The van der Waals surface area contributed by atoms with Crippen LogP contribution in [0.1, 0.15) is 31.2 Å². The molecule has 3 rings (SSSR count). The minimum Gasteiger partial charge on any atom is -0.356 e. The summed E-state index contributed by atoms with van der Waals surface area (Å²) in [6.45, 7) is 2.30. The van der Waals surface area contributed by atoms with E-state index in [2.05, 4.69) is 66.9 Å². The summed E-state index contributed by atoms with van der Waals surface area (Å²) >= 11 is 0. The number of para-hydroxylation sites is 1. The van der Waals surface area contributed by atoms with Crippen LogP contribution in [0.4, 0.5) is 11.4 Å². The van der Waals surface area contributed by atoms with Gasteiger partial charge in [-0.1, -0.05) is 61.1 Å². The lowest BCUT2D eigenvalue weighted by molar-refractivity contribution is 0.799. The van der Waals surface area contributed by atoms with Crippen LogP contribution in [-0.2, 0) is 0 Å². The van der Waals surface area contributed by atoms with Crippen LogP contribution in [-0.4, -0.2) is 0 Å². The Hall–Kier alpha value is -2.28. The number of allylic oxidation sites excluding steroid dienone is 4. The van der Waals surface area contributed by atoms with Gasteiger partial charge in [0.2, 0.25) is 0 Å². The van der Waals surface area contributed by atoms with Crippen LogP contribution in [0.5, 0.6) is 0 Å². The van der Waals surface area contributed by atoms with Crippen molar-refractivity contribution in [1.29, 1.82) is 0 Å². The van der Waals surface area contributed by atoms with Crippen molar-refractivity contribution in [3.63, 3.8) is 0 Å². The van der Waals surface area contributed by atoms with Gasteiger partial charge in [0.05, 0.1) is 0 Å². The summed E-state index contributed by atoms with van der Waals surface area (Å²) < 4.78 is 0. The molecule has 1 N–H and O–H groups in total. The maximum atomic E-state index is 3.42. The first-order chi connectivity index (χ1) is 10.3. The summed E-state index contributed by atoms with van der Waals surface area (Å²) in [4.78, 5) is 0. The second-order valence-corrected chi connectivity index (χ2v) is 5.54. The van der Waals surface area contributed by atoms with E-state index in [9.17, 15) is 0 Å². The number of hydrogen-bond acceptors (Lipinski definition) is 1. The molecular weight excluding hydrogens is 254 g/mol. The lowest BCUT2D eigenvalue weighted by Gasteiger charge is -2.18. The molecule has 1 aliphatic carbocycles. The van der Waals surface area contributed by atoms with Gasteiger partial charge < -0.3 is 5.32 Å². The molecule has 1 atom stereocenters. The molecule has 106 valence electrons. The van der Waals surface area contributed by atoms with Crippen molar-refractivity contribution in [1.82, 2.24) is 0 Å². The second-order valence-electron chi connectivity index (χ2n) is 5.54. The summed E-state index contributed by atoms with van der Waals surface area (Å²) in [6, 6.07) is 19.1. The van der Waals surface area contributed by atoms with E-state index < -0.39 is 0 Å². The molecule has 0 heterocycles. The Balaban J connectivity index is 1.72. The number of benzene rings is 2. The third-order valence-corrected chi connectivity index (χ3v) is 4.08. The van der Waals surface area contributed by atoms with Gasteiger partial charge >= 0.3 is 0 Å². The molecule has 0 spiro atoms. The zero-order valence-corrected chi connectivity index (χ0v) is 12.4. The van der Waals surface area contributed by atoms with E-state index in [0.29, 0.717) is 5.92 Å². The Bertz CT molecular complexity index is 635. The molecule has 0 aromatic heterocycles. The minimum atomic E-state index is 0.501. The van der Waals surface area contributed by atoms with E-state index in [0.717, 1.165) is 11.4 Å². The van der Waals surface area contributed by atoms with Crippen molar-refractivity contribution in [2.45, 2.75) is 25.7 Å². The van der Waals surface area contributed by atoms with Gasteiger partial charge in [0, 0.05) is 17.3 Å². The van der Waals surface area contributed by atoms with E-state index in [1.807, 2.05) is 18.2 Å². The van der Waals surface area contributed by atoms with E-state index >= 15 is 0 Å². The largest absolute Gasteiger partial charge is 0.356 e. The Morgan fingerprint density at radius 3 is 2.29 bits per heavy atom. The van der Waals surface area contributed by atoms with Gasteiger partial charge in [0.1, 0.15) is 0 Å². The fraction of sp³-hybridized carbons (Fsp3) is 0.200. The zero-order chi connectivity index (χ0) is 14.5. The fourth-order valence-electron chi connectivity index (χ4n) is 2.74. The maximum absolute atomic E-state index is 3.42. The smallest absolute Gasteiger partial charge is 0.0384 e. The summed E-state index contributed by atoms with van der Waals surface area (Å²) in [5.41, 5.74) is 5.17. The number of rotatable bonds is 4. The molecule has 2 aromatic rings. The van der Waals surface area contributed by atoms with Gasteiger partial charge in [-0.2, -0.15) is 0 Å². The van der Waals surface area contributed by atoms with Crippen LogP contribution < -0.4 is 5.32 Å². The molecule has 2 aromatic carbocycles. The Labute approximate surface area is 127 Å². The molecule has 0 fully saturated rings. The standard InChI is InChI=1S/C20H21N/c1-16(17-8-4-2-5-9-17)18-12-14-20(15-13-18)21-19-10-6-3-7-11-19/h2-4,6-8,10-16,21H,5,9H2,1H3. The van der Waals surface area contributed by atoms with Crippen molar-refractivity contribution >= 4 is 11.4 Å². The van der Waals surface area contributed by atoms with E-state index in [4.69, 9.17) is 0 Å². The molecule has 1 aliphatic rings. The van der Waals surface area contributed by atoms with Crippen LogP contribution >= 0.6 is 0 Å². The predicted molar refractivity (Wildman–Crippen MR) is 91.0 cm³/mol. The monoisotopic (exact) mass is 275 g/mol. The quantitative estimate of drug-likeness (QED) is 0.742. The third kappa shape index (κ3) is 3.43. The highest BCUT2D eigenvalue weighted by Crippen LogP contribution is 2.30. The van der Waals surface area contributed by atoms with Crippen LogP contribution in [0.3, 0.4) is 0 Å². The van der Waals surface area contributed by atoms with Crippen LogP contribution in [0.25, 0.3) is 0 Å². The maximum Gasteiger partial charge on any atom is 0.0384 e. The average Bonchev–Trinajstić information content (AvgIpc) is 2.57. The Kier molecular flexibility index (Phi) is 4.20. The van der Waals surface area contributed by atoms with E-state index in [1.54, 1.807) is 0 Å². The summed E-state index contributed by atoms with van der Waals surface area (Å²) in [5, 5.41) is 3.42. The van der Waals surface area contributed by atoms with Gasteiger partial charge in [-0.15, -0.1) is 0 Å². The molecule has 0 saturated carbocycles. The molecule has 0 radical (unpaired) electrons. The summed E-state index contributed by atoms with van der Waals surface area (Å²) in [6.07, 6.45) is 9.04. The summed E-state index contributed by atoms with van der Waals surface area (Å²) in [7, 11) is 0. The highest BCUT2D eigenvalue weighted by Gasteiger charge is 2.11. The van der Waals surface area contributed by atoms with Crippen molar-refractivity contribution in [3.8, 4) is 0 Å². The van der Waals surface area contributed by atoms with Crippen molar-refractivity contribution in [3.05, 3.63) is 84.0 Å². The minimum absolute atomic E-state index is 0.501. The summed E-state index contributed by atoms with van der Waals surface area (Å²) in [5.74, 6) is 0.501. The lowest BCUT2D eigenvalue weighted by Crippen LogP contribution is -2.00. The fourth-order valence-corrected chi connectivity index (χ4v) is 2.74. The van der Waals surface area contributed by atoms with Gasteiger partial charge in [-0.05, 0) is 42.7 Å². The van der Waals surface area contributed by atoms with Crippen molar-refractivity contribution in [2.75, 3.05) is 5.32 Å². The topological polar surface area (TPSA) is 12.0 Å². The first kappa shape index (κ1) is 13.7. The molecule has 0 bridgehead atoms. The number of anilines is 2. The van der Waals surface area contributed by atoms with Crippen LogP contribution in [0.15, 0.2) is 78.4 Å². The molecule has 1 nitrogen and oxygen atoms in total. The van der Waals surface area contributed by atoms with E-state index in [-0.39, 0.29) is 0 Å². The first-order valence-corrected chi connectivity index (χ1v) is 7.60. The van der Waals surface area contributed by atoms with Gasteiger partial charge in [-0.3, -0.25) is 0 Å². The highest BCUT2D eigenvalue weighted by molar-refractivity contribution is 5.59. The molecule has 0 saturated heterocycles. The predicted octanol–water partition coefficient (Wildman–Crippen LogP) is 5.81. The Morgan fingerprint density at radius 2 is 1.62 bits per heavy atom. The number of hydrogen-bond donors (Lipinski definition) is 1. The molecule has 21 heavy (non-hydrogen) atoms. The molecule has 1 unspecified atom stereocenters. The zero-order valence-electron chi connectivity index (χ0n) is 12.4. The molecular formula is C20H21N. The number of nitrogens with one attached hydrogen (secondary N) is 1. The van der Waals surface area contributed by atoms with Gasteiger partial charge in [0.15, 0.2) is 0 Å². The van der Waals surface area contributed by atoms with Gasteiger partial charge in [0.25, 0.3) is 0 Å². The highest BCUT2D eigenvalue weighted by atomic mass is 14.9. The van der Waals surface area contributed by atoms with E-state index in [1.165, 1.54) is 24.0 Å². The van der Waals surface area contributed by atoms with Crippen LogP contribution in [0, 0.1) is 0 Å². The van der Waals surface area contributed by atoms with Crippen molar-refractivity contribution < 1.29 is 0 Å². The van der Waals surface area contributed by atoms with Gasteiger partial charge in [-0.25, -0.2) is 0 Å². The molecule has 0 aliphatic heterocycles. The molecule has 0 amide bonds.